The van der Waals surface area contributed by atoms with Gasteiger partial charge in [0.15, 0.2) is 0 Å². The predicted molar refractivity (Wildman–Crippen MR) is 93.7 cm³/mol. The Morgan fingerprint density at radius 1 is 0.957 bits per heavy atom. The van der Waals surface area contributed by atoms with E-state index in [2.05, 4.69) is 26.4 Å². The number of nitrogens with one attached hydrogen (secondary N) is 1. The number of rotatable bonds is 3. The molecule has 0 spiro atoms. The molecule has 1 aliphatic rings. The number of anilines is 1. The second-order valence-corrected chi connectivity index (χ2v) is 6.65. The summed E-state index contributed by atoms with van der Waals surface area (Å²) < 4.78 is 2.08. The second-order valence-electron chi connectivity index (χ2n) is 6.21. The zero-order chi connectivity index (χ0) is 15.7. The summed E-state index contributed by atoms with van der Waals surface area (Å²) in [4.78, 5) is 0. The van der Waals surface area contributed by atoms with Gasteiger partial charge in [0.05, 0.1) is 5.52 Å². The molecule has 1 saturated carbocycles. The van der Waals surface area contributed by atoms with E-state index in [9.17, 15) is 0 Å². The van der Waals surface area contributed by atoms with Crippen LogP contribution in [0.2, 0.25) is 5.02 Å². The van der Waals surface area contributed by atoms with Gasteiger partial charge in [-0.2, -0.15) is 0 Å². The minimum Gasteiger partial charge on any atom is -0.361 e. The normalized spacial score (nSPS) is 17.3. The molecule has 23 heavy (non-hydrogen) atoms. The van der Waals surface area contributed by atoms with Crippen molar-refractivity contribution in [2.75, 3.05) is 5.32 Å². The smallest absolute Gasteiger partial charge is 0.133 e. The topological polar surface area (TPSA) is 42.7 Å². The standard InChI is InChI=1S/C18H19ClN4/c19-14-8-10-15(11-9-14)20-18(12-4-1-5-13-18)23-17-7-3-2-6-16(17)21-22-23/h2-3,6-11,20H,1,4-5,12-13H2. The molecule has 2 aromatic carbocycles. The molecular formula is C18H19ClN4. The van der Waals surface area contributed by atoms with Crippen LogP contribution in [0, 0.1) is 0 Å². The van der Waals surface area contributed by atoms with Crippen molar-refractivity contribution in [1.82, 2.24) is 15.0 Å². The molecule has 1 aromatic heterocycles. The van der Waals surface area contributed by atoms with Crippen LogP contribution in [0.25, 0.3) is 11.0 Å². The fourth-order valence-corrected chi connectivity index (χ4v) is 3.64. The van der Waals surface area contributed by atoms with Crippen molar-refractivity contribution in [3.8, 4) is 0 Å². The second kappa shape index (κ2) is 5.85. The molecule has 3 aromatic rings. The van der Waals surface area contributed by atoms with Gasteiger partial charge in [-0.1, -0.05) is 35.4 Å². The average Bonchev–Trinajstić information content (AvgIpc) is 3.03. The fraction of sp³-hybridized carbons (Fsp3) is 0.333. The molecule has 1 N–H and O–H groups in total. The molecule has 0 saturated heterocycles. The lowest BCUT2D eigenvalue weighted by molar-refractivity contribution is 0.212. The molecule has 0 atom stereocenters. The monoisotopic (exact) mass is 326 g/mol. The summed E-state index contributed by atoms with van der Waals surface area (Å²) in [7, 11) is 0. The number of fused-ring (bicyclic) bond motifs is 1. The Kier molecular flexibility index (Phi) is 3.69. The van der Waals surface area contributed by atoms with Crippen LogP contribution in [-0.2, 0) is 5.66 Å². The maximum absolute atomic E-state index is 6.01. The molecule has 1 heterocycles. The summed E-state index contributed by atoms with van der Waals surface area (Å²) in [6.07, 6.45) is 5.74. The van der Waals surface area contributed by atoms with Crippen molar-refractivity contribution in [2.24, 2.45) is 0 Å². The number of para-hydroxylation sites is 1. The lowest BCUT2D eigenvalue weighted by Crippen LogP contribution is -2.44. The van der Waals surface area contributed by atoms with Gasteiger partial charge < -0.3 is 5.32 Å². The maximum atomic E-state index is 6.01. The largest absolute Gasteiger partial charge is 0.361 e. The van der Waals surface area contributed by atoms with Gasteiger partial charge in [0, 0.05) is 10.7 Å². The van der Waals surface area contributed by atoms with Crippen LogP contribution in [0.5, 0.6) is 0 Å². The van der Waals surface area contributed by atoms with Gasteiger partial charge in [0.1, 0.15) is 11.2 Å². The fourth-order valence-electron chi connectivity index (χ4n) is 3.51. The highest BCUT2D eigenvalue weighted by Gasteiger charge is 2.36. The van der Waals surface area contributed by atoms with Crippen molar-refractivity contribution in [3.05, 3.63) is 53.6 Å². The molecule has 0 unspecified atom stereocenters. The minimum atomic E-state index is -0.220. The summed E-state index contributed by atoms with van der Waals surface area (Å²) in [5.74, 6) is 0. The average molecular weight is 327 g/mol. The third kappa shape index (κ3) is 2.68. The van der Waals surface area contributed by atoms with Crippen molar-refractivity contribution >= 4 is 28.3 Å². The lowest BCUT2D eigenvalue weighted by atomic mass is 9.88. The first-order valence-electron chi connectivity index (χ1n) is 8.12. The van der Waals surface area contributed by atoms with E-state index in [1.807, 2.05) is 42.5 Å². The quantitative estimate of drug-likeness (QED) is 0.750. The van der Waals surface area contributed by atoms with Gasteiger partial charge >= 0.3 is 0 Å². The van der Waals surface area contributed by atoms with Crippen molar-refractivity contribution in [2.45, 2.75) is 37.8 Å². The minimum absolute atomic E-state index is 0.220. The first-order valence-corrected chi connectivity index (χ1v) is 8.49. The molecule has 0 amide bonds. The number of hydrogen-bond donors (Lipinski definition) is 1. The van der Waals surface area contributed by atoms with Gasteiger partial charge in [-0.3, -0.25) is 0 Å². The van der Waals surface area contributed by atoms with Crippen LogP contribution >= 0.6 is 11.6 Å². The van der Waals surface area contributed by atoms with Crippen molar-refractivity contribution in [1.29, 1.82) is 0 Å². The highest BCUT2D eigenvalue weighted by molar-refractivity contribution is 6.30. The molecule has 0 aliphatic heterocycles. The first kappa shape index (κ1) is 14.5. The molecule has 0 bridgehead atoms. The van der Waals surface area contributed by atoms with Crippen molar-refractivity contribution < 1.29 is 0 Å². The number of hydrogen-bond acceptors (Lipinski definition) is 3. The summed E-state index contributed by atoms with van der Waals surface area (Å²) in [5.41, 5.74) is 2.87. The summed E-state index contributed by atoms with van der Waals surface area (Å²) in [5, 5.41) is 13.3. The van der Waals surface area contributed by atoms with E-state index >= 15 is 0 Å². The first-order chi connectivity index (χ1) is 11.3. The predicted octanol–water partition coefficient (Wildman–Crippen LogP) is 4.81. The molecule has 4 nitrogen and oxygen atoms in total. The number of benzene rings is 2. The highest BCUT2D eigenvalue weighted by atomic mass is 35.5. The number of halogens is 1. The Bertz CT molecular complexity index is 803. The third-order valence-corrected chi connectivity index (χ3v) is 4.91. The Balaban J connectivity index is 1.78. The van der Waals surface area contributed by atoms with E-state index in [1.165, 1.54) is 19.3 Å². The summed E-state index contributed by atoms with van der Waals surface area (Å²) in [6.45, 7) is 0. The lowest BCUT2D eigenvalue weighted by Gasteiger charge is -2.39. The zero-order valence-corrected chi connectivity index (χ0v) is 13.6. The third-order valence-electron chi connectivity index (χ3n) is 4.66. The Labute approximate surface area is 140 Å². The van der Waals surface area contributed by atoms with E-state index in [4.69, 9.17) is 11.6 Å². The van der Waals surface area contributed by atoms with Crippen LogP contribution in [0.3, 0.4) is 0 Å². The Morgan fingerprint density at radius 2 is 1.70 bits per heavy atom. The SMILES string of the molecule is Clc1ccc(NC2(n3nnc4ccccc43)CCCCC2)cc1. The van der Waals surface area contributed by atoms with Gasteiger partial charge in [-0.25, -0.2) is 4.68 Å². The van der Waals surface area contributed by atoms with Crippen LogP contribution in [-0.4, -0.2) is 15.0 Å². The van der Waals surface area contributed by atoms with E-state index in [-0.39, 0.29) is 5.66 Å². The van der Waals surface area contributed by atoms with Crippen molar-refractivity contribution in [3.63, 3.8) is 0 Å². The summed E-state index contributed by atoms with van der Waals surface area (Å²) in [6, 6.07) is 16.0. The number of nitrogens with zero attached hydrogens (tertiary/aromatic N) is 3. The van der Waals surface area contributed by atoms with E-state index in [0.29, 0.717) is 0 Å². The molecule has 118 valence electrons. The zero-order valence-electron chi connectivity index (χ0n) is 12.9. The van der Waals surface area contributed by atoms with E-state index < -0.39 is 0 Å². The van der Waals surface area contributed by atoms with Crippen LogP contribution in [0.1, 0.15) is 32.1 Å². The Morgan fingerprint density at radius 3 is 2.48 bits per heavy atom. The molecule has 0 radical (unpaired) electrons. The van der Waals surface area contributed by atoms with Crippen LogP contribution < -0.4 is 5.32 Å². The molecule has 1 fully saturated rings. The van der Waals surface area contributed by atoms with Gasteiger partial charge in [-0.15, -0.1) is 5.10 Å². The van der Waals surface area contributed by atoms with E-state index in [1.54, 1.807) is 0 Å². The molecule has 5 heteroatoms. The van der Waals surface area contributed by atoms with Gasteiger partial charge in [0.25, 0.3) is 0 Å². The maximum Gasteiger partial charge on any atom is 0.133 e. The van der Waals surface area contributed by atoms with Gasteiger partial charge in [-0.05, 0) is 62.1 Å². The number of aromatic nitrogens is 3. The molecular weight excluding hydrogens is 308 g/mol. The van der Waals surface area contributed by atoms with Crippen LogP contribution in [0.15, 0.2) is 48.5 Å². The highest BCUT2D eigenvalue weighted by Crippen LogP contribution is 2.37. The van der Waals surface area contributed by atoms with Gasteiger partial charge in [0.2, 0.25) is 0 Å². The molecule has 1 aliphatic carbocycles. The molecule has 4 rings (SSSR count). The Hall–Kier alpha value is -2.07. The van der Waals surface area contributed by atoms with Crippen LogP contribution in [0.4, 0.5) is 5.69 Å². The summed E-state index contributed by atoms with van der Waals surface area (Å²) >= 11 is 6.01. The van der Waals surface area contributed by atoms with E-state index in [0.717, 1.165) is 34.6 Å².